The van der Waals surface area contributed by atoms with Gasteiger partial charge in [-0.1, -0.05) is 11.6 Å². The fourth-order valence-electron chi connectivity index (χ4n) is 3.20. The van der Waals surface area contributed by atoms with Gasteiger partial charge < -0.3 is 14.3 Å². The van der Waals surface area contributed by atoms with Gasteiger partial charge >= 0.3 is 0 Å². The summed E-state index contributed by atoms with van der Waals surface area (Å²) < 4.78 is 11.7. The summed E-state index contributed by atoms with van der Waals surface area (Å²) in [5.74, 6) is 0.997. The van der Waals surface area contributed by atoms with Crippen LogP contribution in [0.4, 0.5) is 0 Å². The predicted molar refractivity (Wildman–Crippen MR) is 113 cm³/mol. The molecule has 1 N–H and O–H groups in total. The average molecular weight is 431 g/mol. The molecule has 2 aromatic heterocycles. The Morgan fingerprint density at radius 1 is 1.10 bits per heavy atom. The number of hydrogen-bond donors (Lipinski definition) is 1. The van der Waals surface area contributed by atoms with Crippen molar-refractivity contribution < 1.29 is 14.3 Å². The second-order valence-electron chi connectivity index (χ2n) is 7.62. The molecule has 1 fully saturated rings. The Balaban J connectivity index is 1.69. The number of benzene rings is 1. The first-order valence-corrected chi connectivity index (χ1v) is 10.8. The van der Waals surface area contributed by atoms with Crippen molar-refractivity contribution in [1.82, 2.24) is 9.97 Å². The van der Waals surface area contributed by atoms with E-state index in [1.54, 1.807) is 20.0 Å². The first-order valence-electron chi connectivity index (χ1n) is 9.61. The minimum absolute atomic E-state index is 0.255. The monoisotopic (exact) mass is 430 g/mol. The van der Waals surface area contributed by atoms with Crippen LogP contribution in [0.2, 0.25) is 5.02 Å². The topological polar surface area (TPSA) is 68.4 Å². The number of halogens is 1. The van der Waals surface area contributed by atoms with Crippen molar-refractivity contribution in [3.63, 3.8) is 0 Å². The van der Waals surface area contributed by atoms with Gasteiger partial charge in [0, 0.05) is 40.8 Å². The van der Waals surface area contributed by atoms with Crippen molar-refractivity contribution >= 4 is 23.4 Å². The molecule has 1 aromatic carbocycles. The highest BCUT2D eigenvalue weighted by atomic mass is 35.5. The lowest BCUT2D eigenvalue weighted by Crippen LogP contribution is -2.17. The fourth-order valence-corrected chi connectivity index (χ4v) is 4.20. The SMILES string of the molecule is CC(C)(O)c1ccc(-c2nc(C3CCOCC3)oc2Sc2ccc(Cl)cc2)cn1. The molecular weight excluding hydrogens is 408 g/mol. The summed E-state index contributed by atoms with van der Waals surface area (Å²) in [6.45, 7) is 4.89. The second-order valence-corrected chi connectivity index (χ2v) is 9.10. The van der Waals surface area contributed by atoms with Crippen molar-refractivity contribution in [2.24, 2.45) is 0 Å². The van der Waals surface area contributed by atoms with Crippen LogP contribution >= 0.6 is 23.4 Å². The van der Waals surface area contributed by atoms with E-state index in [2.05, 4.69) is 4.98 Å². The molecule has 0 radical (unpaired) electrons. The molecular formula is C22H23ClN2O3S. The molecule has 4 rings (SSSR count). The van der Waals surface area contributed by atoms with E-state index in [1.165, 1.54) is 11.8 Å². The highest BCUT2D eigenvalue weighted by Crippen LogP contribution is 2.40. The third-order valence-corrected chi connectivity index (χ3v) is 6.09. The first-order chi connectivity index (χ1) is 13.9. The molecule has 7 heteroatoms. The summed E-state index contributed by atoms with van der Waals surface area (Å²) in [6, 6.07) is 11.4. The lowest BCUT2D eigenvalue weighted by Gasteiger charge is -2.18. The van der Waals surface area contributed by atoms with E-state index in [1.807, 2.05) is 36.4 Å². The minimum atomic E-state index is -0.990. The van der Waals surface area contributed by atoms with E-state index >= 15 is 0 Å². The van der Waals surface area contributed by atoms with Crippen LogP contribution in [-0.2, 0) is 10.3 Å². The highest BCUT2D eigenvalue weighted by molar-refractivity contribution is 7.99. The smallest absolute Gasteiger partial charge is 0.199 e. The molecule has 3 heterocycles. The van der Waals surface area contributed by atoms with Crippen molar-refractivity contribution in [2.45, 2.75) is 48.2 Å². The number of ether oxygens (including phenoxy) is 1. The number of aliphatic hydroxyl groups is 1. The standard InChI is InChI=1S/C22H23ClN2O3S/c1-22(2,26)18-8-3-15(13-24-18)19-21(29-17-6-4-16(23)5-7-17)28-20(25-19)14-9-11-27-12-10-14/h3-8,13-14,26H,9-12H2,1-2H3. The third-order valence-electron chi connectivity index (χ3n) is 4.87. The van der Waals surface area contributed by atoms with E-state index in [0.29, 0.717) is 10.7 Å². The van der Waals surface area contributed by atoms with Gasteiger partial charge in [0.05, 0.1) is 5.69 Å². The molecule has 1 saturated heterocycles. The van der Waals surface area contributed by atoms with Crippen LogP contribution in [-0.4, -0.2) is 28.3 Å². The number of aromatic nitrogens is 2. The molecule has 5 nitrogen and oxygen atoms in total. The summed E-state index contributed by atoms with van der Waals surface area (Å²) in [7, 11) is 0. The van der Waals surface area contributed by atoms with Crippen molar-refractivity contribution in [2.75, 3.05) is 13.2 Å². The number of rotatable bonds is 5. The predicted octanol–water partition coefficient (Wildman–Crippen LogP) is 5.66. The van der Waals surface area contributed by atoms with Gasteiger partial charge in [-0.05, 0) is 74.8 Å². The van der Waals surface area contributed by atoms with Gasteiger partial charge in [0.2, 0.25) is 0 Å². The number of nitrogens with zero attached hydrogens (tertiary/aromatic N) is 2. The van der Waals surface area contributed by atoms with E-state index in [0.717, 1.165) is 53.2 Å². The molecule has 0 saturated carbocycles. The van der Waals surface area contributed by atoms with E-state index in [-0.39, 0.29) is 5.92 Å². The minimum Gasteiger partial charge on any atom is -0.433 e. The van der Waals surface area contributed by atoms with Crippen LogP contribution < -0.4 is 0 Å². The molecule has 29 heavy (non-hydrogen) atoms. The Morgan fingerprint density at radius 3 is 2.45 bits per heavy atom. The first kappa shape index (κ1) is 20.4. The van der Waals surface area contributed by atoms with Gasteiger partial charge in [-0.25, -0.2) is 4.98 Å². The van der Waals surface area contributed by atoms with Gasteiger partial charge in [-0.3, -0.25) is 4.98 Å². The maximum atomic E-state index is 10.2. The van der Waals surface area contributed by atoms with Crippen LogP contribution in [0, 0.1) is 0 Å². The van der Waals surface area contributed by atoms with Gasteiger partial charge in [0.15, 0.2) is 11.0 Å². The molecule has 0 amide bonds. The average Bonchev–Trinajstić information content (AvgIpc) is 3.14. The lowest BCUT2D eigenvalue weighted by atomic mass is 10.0. The van der Waals surface area contributed by atoms with Crippen molar-refractivity contribution in [3.8, 4) is 11.3 Å². The summed E-state index contributed by atoms with van der Waals surface area (Å²) in [4.78, 5) is 10.3. The molecule has 0 atom stereocenters. The molecule has 0 unspecified atom stereocenters. The Morgan fingerprint density at radius 2 is 1.83 bits per heavy atom. The quantitative estimate of drug-likeness (QED) is 0.563. The number of oxazole rings is 1. The van der Waals surface area contributed by atoms with Gasteiger partial charge in [0.1, 0.15) is 11.3 Å². The zero-order valence-corrected chi connectivity index (χ0v) is 18.0. The molecule has 0 spiro atoms. The second kappa shape index (κ2) is 8.48. The fraction of sp³-hybridized carbons (Fsp3) is 0.364. The van der Waals surface area contributed by atoms with Crippen molar-refractivity contribution in [1.29, 1.82) is 0 Å². The zero-order valence-electron chi connectivity index (χ0n) is 16.4. The van der Waals surface area contributed by atoms with Crippen LogP contribution in [0.1, 0.15) is 44.2 Å². The lowest BCUT2D eigenvalue weighted by molar-refractivity contribution is 0.0739. The van der Waals surface area contributed by atoms with Gasteiger partial charge in [-0.2, -0.15) is 0 Å². The van der Waals surface area contributed by atoms with E-state index in [4.69, 9.17) is 25.7 Å². The maximum absolute atomic E-state index is 10.2. The Kier molecular flexibility index (Phi) is 5.97. The van der Waals surface area contributed by atoms with Crippen molar-refractivity contribution in [3.05, 3.63) is 59.2 Å². The van der Waals surface area contributed by atoms with Crippen LogP contribution in [0.25, 0.3) is 11.3 Å². The van der Waals surface area contributed by atoms with E-state index in [9.17, 15) is 5.11 Å². The Labute approximate surface area is 179 Å². The summed E-state index contributed by atoms with van der Waals surface area (Å²) in [5, 5.41) is 11.6. The molecule has 0 bridgehead atoms. The molecule has 0 aliphatic carbocycles. The normalized spacial score (nSPS) is 15.6. The number of pyridine rings is 1. The van der Waals surface area contributed by atoms with E-state index < -0.39 is 5.60 Å². The molecule has 1 aliphatic rings. The molecule has 1 aliphatic heterocycles. The van der Waals surface area contributed by atoms with Crippen LogP contribution in [0.5, 0.6) is 0 Å². The maximum Gasteiger partial charge on any atom is 0.199 e. The highest BCUT2D eigenvalue weighted by Gasteiger charge is 2.25. The zero-order chi connectivity index (χ0) is 20.4. The molecule has 152 valence electrons. The summed E-state index contributed by atoms with van der Waals surface area (Å²) in [5.41, 5.74) is 1.25. The number of hydrogen-bond acceptors (Lipinski definition) is 6. The largest absolute Gasteiger partial charge is 0.433 e. The summed E-state index contributed by atoms with van der Waals surface area (Å²) >= 11 is 7.53. The van der Waals surface area contributed by atoms with Crippen LogP contribution in [0.15, 0.2) is 57.0 Å². The Bertz CT molecular complexity index is 959. The Hall–Kier alpha value is -1.86. The third kappa shape index (κ3) is 4.83. The van der Waals surface area contributed by atoms with Gasteiger partial charge in [0.25, 0.3) is 0 Å². The molecule has 3 aromatic rings. The van der Waals surface area contributed by atoms with Gasteiger partial charge in [-0.15, -0.1) is 0 Å². The summed E-state index contributed by atoms with van der Waals surface area (Å²) in [6.07, 6.45) is 3.55. The van der Waals surface area contributed by atoms with Crippen LogP contribution in [0.3, 0.4) is 0 Å².